The number of aliphatic hydroxyl groups excluding tert-OH is 1. The molecule has 0 aromatic carbocycles. The summed E-state index contributed by atoms with van der Waals surface area (Å²) in [5.41, 5.74) is 0.139. The van der Waals surface area contributed by atoms with Crippen LogP contribution in [0.5, 0.6) is 0 Å². The zero-order valence-electron chi connectivity index (χ0n) is 35.5. The quantitative estimate of drug-likeness (QED) is 0.164. The third-order valence-electron chi connectivity index (χ3n) is 16.2. The van der Waals surface area contributed by atoms with E-state index in [-0.39, 0.29) is 39.1 Å². The van der Waals surface area contributed by atoms with Gasteiger partial charge in [0.25, 0.3) is 0 Å². The molecule has 13 atom stereocenters. The van der Waals surface area contributed by atoms with Crippen LogP contribution >= 0.6 is 0 Å². The molecular weight excluding hydrogens is 720 g/mol. The number of allylic oxidation sites excluding steroid dienone is 2. The molecule has 0 amide bonds. The molecule has 4 saturated carbocycles. The first kappa shape index (κ1) is 42.6. The van der Waals surface area contributed by atoms with E-state index in [0.717, 1.165) is 65.2 Å². The monoisotopic (exact) mass is 786 g/mol. The smallest absolute Gasteiger partial charge is 0.315 e. The van der Waals surface area contributed by atoms with Crippen LogP contribution in [0.15, 0.2) is 11.6 Å². The van der Waals surface area contributed by atoms with Gasteiger partial charge in [-0.3, -0.25) is 24.0 Å². The Morgan fingerprint density at radius 2 is 1.32 bits per heavy atom. The lowest BCUT2D eigenvalue weighted by molar-refractivity contribution is -0.304. The molecule has 12 heteroatoms. The van der Waals surface area contributed by atoms with Crippen molar-refractivity contribution in [1.82, 2.24) is 0 Å². The van der Waals surface area contributed by atoms with Crippen molar-refractivity contribution in [3.8, 4) is 0 Å². The predicted molar refractivity (Wildman–Crippen MR) is 203 cm³/mol. The highest BCUT2D eigenvalue weighted by Gasteiger charge is 2.70. The Hall–Kier alpha value is -2.99. The second-order valence-corrected chi connectivity index (χ2v) is 20.2. The normalized spacial score (nSPS) is 43.5. The highest BCUT2D eigenvalue weighted by atomic mass is 16.7. The maximum Gasteiger partial charge on any atom is 0.315 e. The van der Waals surface area contributed by atoms with Crippen molar-refractivity contribution in [1.29, 1.82) is 0 Å². The topological polar surface area (TPSA) is 161 Å². The lowest BCUT2D eigenvalue weighted by Gasteiger charge is -2.71. The first-order valence-electron chi connectivity index (χ1n) is 20.8. The molecule has 1 heterocycles. The summed E-state index contributed by atoms with van der Waals surface area (Å²) in [4.78, 5) is 64.3. The summed E-state index contributed by atoms with van der Waals surface area (Å²) in [7, 11) is 0. The van der Waals surface area contributed by atoms with E-state index in [4.69, 9.17) is 28.4 Å². The molecule has 12 nitrogen and oxygen atoms in total. The van der Waals surface area contributed by atoms with Gasteiger partial charge in [0.2, 0.25) is 12.4 Å². The van der Waals surface area contributed by atoms with E-state index < -0.39 is 72.6 Å². The molecule has 0 radical (unpaired) electrons. The number of hydrogen-bond acceptors (Lipinski definition) is 12. The maximum atomic E-state index is 15.1. The van der Waals surface area contributed by atoms with Gasteiger partial charge in [-0.25, -0.2) is 0 Å². The molecule has 314 valence electrons. The van der Waals surface area contributed by atoms with Gasteiger partial charge < -0.3 is 33.5 Å². The highest BCUT2D eigenvalue weighted by Crippen LogP contribution is 2.76. The van der Waals surface area contributed by atoms with Gasteiger partial charge in [-0.1, -0.05) is 60.1 Å². The summed E-state index contributed by atoms with van der Waals surface area (Å²) in [6, 6.07) is 0. The van der Waals surface area contributed by atoms with Crippen molar-refractivity contribution in [3.05, 3.63) is 11.6 Å². The van der Waals surface area contributed by atoms with Gasteiger partial charge in [0.15, 0.2) is 12.2 Å². The van der Waals surface area contributed by atoms with E-state index in [1.165, 1.54) is 19.4 Å². The minimum atomic E-state index is -1.57. The summed E-state index contributed by atoms with van der Waals surface area (Å²) in [6.45, 7) is 20.8. The van der Waals surface area contributed by atoms with Crippen molar-refractivity contribution in [3.63, 3.8) is 0 Å². The third kappa shape index (κ3) is 7.00. The van der Waals surface area contributed by atoms with Gasteiger partial charge in [-0.15, -0.1) is 0 Å². The molecule has 6 rings (SSSR count). The summed E-state index contributed by atoms with van der Waals surface area (Å²) < 4.78 is 34.7. The maximum absolute atomic E-state index is 15.1. The largest absolute Gasteiger partial charge is 0.463 e. The van der Waals surface area contributed by atoms with Gasteiger partial charge in [0.1, 0.15) is 12.7 Å². The van der Waals surface area contributed by atoms with E-state index in [1.54, 1.807) is 0 Å². The number of ether oxygens (including phenoxy) is 6. The first-order valence-corrected chi connectivity index (χ1v) is 20.8. The van der Waals surface area contributed by atoms with Crippen LogP contribution in [0, 0.1) is 50.2 Å². The van der Waals surface area contributed by atoms with E-state index in [9.17, 15) is 24.3 Å². The number of carbonyl (C=O) groups excluding carboxylic acids is 5. The average molecular weight is 787 g/mol. The van der Waals surface area contributed by atoms with E-state index in [1.807, 2.05) is 0 Å². The molecule has 0 bridgehead atoms. The molecule has 0 aromatic rings. The summed E-state index contributed by atoms with van der Waals surface area (Å²) in [6.07, 6.45) is 3.56. The number of rotatable bonds is 7. The molecule has 0 aromatic heterocycles. The molecule has 5 fully saturated rings. The van der Waals surface area contributed by atoms with Crippen LogP contribution < -0.4 is 0 Å². The van der Waals surface area contributed by atoms with Crippen molar-refractivity contribution >= 4 is 29.8 Å². The van der Waals surface area contributed by atoms with Crippen molar-refractivity contribution < 1.29 is 57.5 Å². The van der Waals surface area contributed by atoms with E-state index in [2.05, 4.69) is 54.5 Å². The zero-order valence-corrected chi connectivity index (χ0v) is 35.5. The van der Waals surface area contributed by atoms with Crippen molar-refractivity contribution in [2.75, 3.05) is 6.61 Å². The Kier molecular flexibility index (Phi) is 11.2. The van der Waals surface area contributed by atoms with Crippen molar-refractivity contribution in [2.24, 2.45) is 50.2 Å². The van der Waals surface area contributed by atoms with Gasteiger partial charge in [0, 0.05) is 27.7 Å². The minimum Gasteiger partial charge on any atom is -0.463 e. The molecule has 1 aliphatic heterocycles. The molecule has 1 unspecified atom stereocenters. The van der Waals surface area contributed by atoms with E-state index in [0.29, 0.717) is 24.7 Å². The summed E-state index contributed by atoms with van der Waals surface area (Å²) in [5.74, 6) is -2.61. The Labute approximate surface area is 332 Å². The number of carbonyl (C=O) groups is 5. The van der Waals surface area contributed by atoms with Crippen LogP contribution in [-0.2, 0) is 52.4 Å². The zero-order chi connectivity index (χ0) is 41.4. The fourth-order valence-electron chi connectivity index (χ4n) is 13.1. The minimum absolute atomic E-state index is 0.0157. The molecule has 1 saturated heterocycles. The van der Waals surface area contributed by atoms with Crippen LogP contribution in [0.4, 0.5) is 0 Å². The molecule has 6 aliphatic rings. The Bertz CT molecular complexity index is 1630. The number of aliphatic hydroxyl groups is 1. The summed E-state index contributed by atoms with van der Waals surface area (Å²) in [5, 5.41) is 11.1. The molecule has 1 N–H and O–H groups in total. The fourth-order valence-corrected chi connectivity index (χ4v) is 13.1. The summed E-state index contributed by atoms with van der Waals surface area (Å²) >= 11 is 0. The van der Waals surface area contributed by atoms with Crippen LogP contribution in [0.2, 0.25) is 0 Å². The van der Waals surface area contributed by atoms with Gasteiger partial charge in [0.05, 0.1) is 11.5 Å². The molecule has 5 aliphatic carbocycles. The van der Waals surface area contributed by atoms with Gasteiger partial charge in [-0.2, -0.15) is 0 Å². The van der Waals surface area contributed by atoms with Crippen LogP contribution in [0.1, 0.15) is 140 Å². The second-order valence-electron chi connectivity index (χ2n) is 20.2. The van der Waals surface area contributed by atoms with Crippen LogP contribution in [0.3, 0.4) is 0 Å². The molecule has 0 spiro atoms. The lowest BCUT2D eigenvalue weighted by atomic mass is 9.33. The lowest BCUT2D eigenvalue weighted by Crippen LogP contribution is -2.66. The second kappa shape index (κ2) is 14.7. The highest BCUT2D eigenvalue weighted by molar-refractivity contribution is 5.79. The number of fused-ring (bicyclic) bond motifs is 7. The fraction of sp³-hybridized carbons (Fsp3) is 0.841. The van der Waals surface area contributed by atoms with Gasteiger partial charge in [-0.05, 0) is 109 Å². The average Bonchev–Trinajstić information content (AvgIpc) is 3.07. The van der Waals surface area contributed by atoms with Crippen LogP contribution in [0.25, 0.3) is 0 Å². The first-order chi connectivity index (χ1) is 25.9. The SMILES string of the molecule is CC(=O)OC[C@H]1OC(OC(=O)[C@]23CCC(C)(C)C[C@H]2C2=CC[C@@H]4[C@@]5(C)CC[C@H](O)C(C)(C)[C@@H]5CC[C@@]4(C)[C@]2(C)CC3)[C@H](OC(C)=O)[C@@H](OC(C)=O)[C@@H]1OC(C)=O. The third-order valence-corrected chi connectivity index (χ3v) is 16.2. The van der Waals surface area contributed by atoms with E-state index >= 15 is 4.79 Å². The Morgan fingerprint density at radius 3 is 1.95 bits per heavy atom. The number of esters is 5. The van der Waals surface area contributed by atoms with Crippen LogP contribution in [-0.4, -0.2) is 78.4 Å². The predicted octanol–water partition coefficient (Wildman–Crippen LogP) is 6.78. The Morgan fingerprint density at radius 1 is 0.714 bits per heavy atom. The standard InChI is InChI=1S/C44H66O12/c1-24(45)51-23-30-34(52-25(2)46)35(53-26(3)47)36(54-27(4)48)37(55-30)56-38(50)44-20-18-39(5,6)22-29(44)28-12-13-32-41(9)16-15-33(49)40(7,8)31(41)14-17-43(32,11)42(28,10)19-21-44/h12,29-37,49H,13-23H2,1-11H3/t29-,30+,31-,32+,33-,34+,35-,36+,37?,41-,42+,43+,44-/m0/s1. The molecule has 56 heavy (non-hydrogen) atoms. The Balaban J connectivity index is 1.37. The van der Waals surface area contributed by atoms with Gasteiger partial charge >= 0.3 is 29.8 Å². The molecular formula is C44H66O12. The van der Waals surface area contributed by atoms with Crippen molar-refractivity contribution in [2.45, 2.75) is 177 Å². The number of hydrogen-bond donors (Lipinski definition) is 1.